The van der Waals surface area contributed by atoms with Crippen LogP contribution in [0.2, 0.25) is 0 Å². The lowest BCUT2D eigenvalue weighted by Gasteiger charge is -2.47. The van der Waals surface area contributed by atoms with Crippen molar-refractivity contribution in [2.24, 2.45) is 5.41 Å². The van der Waals surface area contributed by atoms with E-state index in [1.54, 1.807) is 0 Å². The third-order valence-corrected chi connectivity index (χ3v) is 3.87. The van der Waals surface area contributed by atoms with E-state index in [0.717, 1.165) is 32.2 Å². The zero-order chi connectivity index (χ0) is 10.0. The fraction of sp³-hybridized carbons (Fsp3) is 0.750. The third-order valence-electron chi connectivity index (χ3n) is 3.87. The lowest BCUT2D eigenvalue weighted by molar-refractivity contribution is -0.124. The van der Waals surface area contributed by atoms with Crippen molar-refractivity contribution in [2.45, 2.75) is 44.6 Å². The van der Waals surface area contributed by atoms with E-state index in [9.17, 15) is 4.79 Å². The van der Waals surface area contributed by atoms with Crippen molar-refractivity contribution >= 4 is 5.78 Å². The molecule has 14 heavy (non-hydrogen) atoms. The maximum atomic E-state index is 11.4. The average molecular weight is 193 g/mol. The number of carbonyl (C=O) groups is 1. The molecule has 0 aromatic carbocycles. The van der Waals surface area contributed by atoms with Gasteiger partial charge in [-0.2, -0.15) is 0 Å². The van der Waals surface area contributed by atoms with Crippen LogP contribution in [0.25, 0.3) is 0 Å². The zero-order valence-electron chi connectivity index (χ0n) is 8.72. The largest absolute Gasteiger partial charge is 0.313 e. The quantitative estimate of drug-likeness (QED) is 0.680. The van der Waals surface area contributed by atoms with Crippen LogP contribution in [0, 0.1) is 5.41 Å². The molecule has 2 heteroatoms. The van der Waals surface area contributed by atoms with E-state index in [2.05, 4.69) is 11.9 Å². The van der Waals surface area contributed by atoms with Crippen molar-refractivity contribution in [1.82, 2.24) is 5.32 Å². The van der Waals surface area contributed by atoms with Crippen molar-refractivity contribution < 1.29 is 4.79 Å². The molecule has 0 amide bonds. The molecule has 1 heterocycles. The highest BCUT2D eigenvalue weighted by Gasteiger charge is 2.43. The van der Waals surface area contributed by atoms with Gasteiger partial charge in [0.05, 0.1) is 0 Å². The van der Waals surface area contributed by atoms with Crippen molar-refractivity contribution in [2.75, 3.05) is 6.54 Å². The SMILES string of the molecule is C=CCC12CCCNC1CC(=O)CC2. The first-order valence-electron chi connectivity index (χ1n) is 5.63. The summed E-state index contributed by atoms with van der Waals surface area (Å²) in [5, 5.41) is 3.51. The predicted octanol–water partition coefficient (Wildman–Crippen LogP) is 2.05. The summed E-state index contributed by atoms with van der Waals surface area (Å²) in [5.41, 5.74) is 0.355. The number of hydrogen-bond donors (Lipinski definition) is 1. The summed E-state index contributed by atoms with van der Waals surface area (Å²) in [7, 11) is 0. The maximum Gasteiger partial charge on any atom is 0.134 e. The summed E-state index contributed by atoms with van der Waals surface area (Å²) >= 11 is 0. The summed E-state index contributed by atoms with van der Waals surface area (Å²) in [5.74, 6) is 0.434. The molecule has 0 bridgehead atoms. The highest BCUT2D eigenvalue weighted by Crippen LogP contribution is 2.44. The maximum absolute atomic E-state index is 11.4. The van der Waals surface area contributed by atoms with Gasteiger partial charge in [-0.05, 0) is 37.6 Å². The van der Waals surface area contributed by atoms with Crippen LogP contribution >= 0.6 is 0 Å². The van der Waals surface area contributed by atoms with Crippen LogP contribution in [-0.2, 0) is 4.79 Å². The van der Waals surface area contributed by atoms with Gasteiger partial charge in [0.25, 0.3) is 0 Å². The lowest BCUT2D eigenvalue weighted by atomic mass is 9.64. The molecule has 0 aromatic rings. The van der Waals surface area contributed by atoms with Crippen LogP contribution in [0.1, 0.15) is 38.5 Å². The second-order valence-electron chi connectivity index (χ2n) is 4.71. The molecule has 0 radical (unpaired) electrons. The van der Waals surface area contributed by atoms with Gasteiger partial charge < -0.3 is 5.32 Å². The van der Waals surface area contributed by atoms with Crippen molar-refractivity contribution in [1.29, 1.82) is 0 Å². The molecule has 1 saturated carbocycles. The Morgan fingerprint density at radius 1 is 1.57 bits per heavy atom. The number of fused-ring (bicyclic) bond motifs is 1. The van der Waals surface area contributed by atoms with Gasteiger partial charge in [-0.1, -0.05) is 6.08 Å². The minimum atomic E-state index is 0.355. The van der Waals surface area contributed by atoms with Crippen LogP contribution in [-0.4, -0.2) is 18.4 Å². The summed E-state index contributed by atoms with van der Waals surface area (Å²) in [6.45, 7) is 4.93. The van der Waals surface area contributed by atoms with Gasteiger partial charge in [-0.25, -0.2) is 0 Å². The van der Waals surface area contributed by atoms with E-state index in [4.69, 9.17) is 0 Å². The average Bonchev–Trinajstić information content (AvgIpc) is 2.19. The van der Waals surface area contributed by atoms with Gasteiger partial charge in [0.15, 0.2) is 0 Å². The second kappa shape index (κ2) is 3.85. The highest BCUT2D eigenvalue weighted by atomic mass is 16.1. The number of ketones is 1. The van der Waals surface area contributed by atoms with E-state index in [0.29, 0.717) is 17.2 Å². The van der Waals surface area contributed by atoms with E-state index in [1.807, 2.05) is 6.08 Å². The number of Topliss-reactive ketones (excluding diaryl/α,β-unsaturated/α-hetero) is 1. The molecule has 2 fully saturated rings. The van der Waals surface area contributed by atoms with Gasteiger partial charge in [0.1, 0.15) is 5.78 Å². The highest BCUT2D eigenvalue weighted by molar-refractivity contribution is 5.80. The molecule has 1 aliphatic heterocycles. The van der Waals surface area contributed by atoms with Gasteiger partial charge in [0.2, 0.25) is 0 Å². The first-order valence-corrected chi connectivity index (χ1v) is 5.63. The number of rotatable bonds is 2. The van der Waals surface area contributed by atoms with E-state index in [1.165, 1.54) is 12.8 Å². The molecule has 1 saturated heterocycles. The summed E-state index contributed by atoms with van der Waals surface area (Å²) < 4.78 is 0. The Labute approximate surface area is 85.8 Å². The normalized spacial score (nSPS) is 37.7. The van der Waals surface area contributed by atoms with E-state index in [-0.39, 0.29) is 0 Å². The number of nitrogens with one attached hydrogen (secondary N) is 1. The first kappa shape index (κ1) is 9.91. The van der Waals surface area contributed by atoms with E-state index >= 15 is 0 Å². The molecule has 0 spiro atoms. The second-order valence-corrected chi connectivity index (χ2v) is 4.71. The first-order chi connectivity index (χ1) is 6.77. The molecule has 78 valence electrons. The fourth-order valence-corrected chi connectivity index (χ4v) is 3.05. The van der Waals surface area contributed by atoms with Gasteiger partial charge >= 0.3 is 0 Å². The number of carbonyl (C=O) groups excluding carboxylic acids is 1. The Morgan fingerprint density at radius 3 is 3.21 bits per heavy atom. The molecule has 2 aliphatic rings. The standard InChI is InChI=1S/C12H19NO/c1-2-5-12-6-3-8-13-11(12)9-10(14)4-7-12/h2,11,13H,1,3-9H2. The Hall–Kier alpha value is -0.630. The van der Waals surface area contributed by atoms with Crippen LogP contribution in [0.3, 0.4) is 0 Å². The lowest BCUT2D eigenvalue weighted by Crippen LogP contribution is -2.53. The number of piperidine rings is 1. The minimum absolute atomic E-state index is 0.355. The number of hydrogen-bond acceptors (Lipinski definition) is 2. The van der Waals surface area contributed by atoms with Crippen molar-refractivity contribution in [3.05, 3.63) is 12.7 Å². The van der Waals surface area contributed by atoms with Crippen molar-refractivity contribution in [3.8, 4) is 0 Å². The molecule has 2 rings (SSSR count). The number of allylic oxidation sites excluding steroid dienone is 1. The Bertz CT molecular complexity index is 249. The molecule has 2 atom stereocenters. The van der Waals surface area contributed by atoms with Gasteiger partial charge in [-0.15, -0.1) is 6.58 Å². The van der Waals surface area contributed by atoms with Gasteiger partial charge in [0, 0.05) is 18.9 Å². The minimum Gasteiger partial charge on any atom is -0.313 e. The molecule has 1 N–H and O–H groups in total. The van der Waals surface area contributed by atoms with Gasteiger partial charge in [-0.3, -0.25) is 4.79 Å². The topological polar surface area (TPSA) is 29.1 Å². The molecular formula is C12H19NO. The molecule has 2 nitrogen and oxygen atoms in total. The van der Waals surface area contributed by atoms with Crippen molar-refractivity contribution in [3.63, 3.8) is 0 Å². The van der Waals surface area contributed by atoms with Crippen LogP contribution in [0.15, 0.2) is 12.7 Å². The molecule has 1 aliphatic carbocycles. The zero-order valence-corrected chi connectivity index (χ0v) is 8.72. The molecule has 0 aromatic heterocycles. The van der Waals surface area contributed by atoms with Crippen LogP contribution in [0.4, 0.5) is 0 Å². The van der Waals surface area contributed by atoms with E-state index < -0.39 is 0 Å². The van der Waals surface area contributed by atoms with Crippen LogP contribution in [0.5, 0.6) is 0 Å². The molecule has 2 unspecified atom stereocenters. The summed E-state index contributed by atoms with van der Waals surface area (Å²) in [4.78, 5) is 11.4. The summed E-state index contributed by atoms with van der Waals surface area (Å²) in [6, 6.07) is 0.426. The third kappa shape index (κ3) is 1.63. The Morgan fingerprint density at radius 2 is 2.43 bits per heavy atom. The predicted molar refractivity (Wildman–Crippen MR) is 57.1 cm³/mol. The summed E-state index contributed by atoms with van der Waals surface area (Å²) in [6.07, 6.45) is 8.20. The monoisotopic (exact) mass is 193 g/mol. The fourth-order valence-electron chi connectivity index (χ4n) is 3.05. The Balaban J connectivity index is 2.15. The van der Waals surface area contributed by atoms with Crippen LogP contribution < -0.4 is 5.32 Å². The molecular weight excluding hydrogens is 174 g/mol. The Kier molecular flexibility index (Phi) is 2.73. The smallest absolute Gasteiger partial charge is 0.134 e.